The highest BCUT2D eigenvalue weighted by Crippen LogP contribution is 2.36. The Balaban J connectivity index is 1.86. The third-order valence-electron chi connectivity index (χ3n) is 5.09. The minimum absolute atomic E-state index is 0.130. The second kappa shape index (κ2) is 8.37. The lowest BCUT2D eigenvalue weighted by molar-refractivity contribution is 0.0645. The number of aromatic nitrogens is 2. The van der Waals surface area contributed by atoms with E-state index in [1.165, 1.54) is 16.8 Å². The molecule has 1 heterocycles. The van der Waals surface area contributed by atoms with Crippen LogP contribution in [0.1, 0.15) is 49.2 Å². The number of ether oxygens (including phenoxy) is 1. The Bertz CT molecular complexity index is 840. The van der Waals surface area contributed by atoms with Gasteiger partial charge in [0.2, 0.25) is 0 Å². The quantitative estimate of drug-likeness (QED) is 0.717. The molecule has 1 aliphatic carbocycles. The Kier molecular flexibility index (Phi) is 5.94. The van der Waals surface area contributed by atoms with E-state index in [1.54, 1.807) is 7.11 Å². The van der Waals surface area contributed by atoms with Gasteiger partial charge in [-0.1, -0.05) is 19.1 Å². The Morgan fingerprint density at radius 3 is 2.56 bits per heavy atom. The number of benzene rings is 1. The molecule has 144 valence electrons. The van der Waals surface area contributed by atoms with E-state index in [-0.39, 0.29) is 17.5 Å². The van der Waals surface area contributed by atoms with Crippen LogP contribution in [0.15, 0.2) is 41.2 Å². The topological polar surface area (TPSA) is 64.4 Å². The average molecular weight is 369 g/mol. The number of carbonyl (C=O) groups excluding carboxylic acids is 1. The van der Waals surface area contributed by atoms with Crippen molar-refractivity contribution >= 4 is 5.91 Å². The maximum atomic E-state index is 13.2. The highest BCUT2D eigenvalue weighted by molar-refractivity contribution is 5.92. The molecule has 1 amide bonds. The molecular formula is C21H27N3O3. The highest BCUT2D eigenvalue weighted by Gasteiger charge is 2.35. The molecule has 2 aromatic rings. The van der Waals surface area contributed by atoms with E-state index in [0.717, 1.165) is 30.6 Å². The van der Waals surface area contributed by atoms with Crippen molar-refractivity contribution in [2.45, 2.75) is 52.2 Å². The second-order valence-corrected chi connectivity index (χ2v) is 7.14. The summed E-state index contributed by atoms with van der Waals surface area (Å²) in [6.07, 6.45) is 3.09. The summed E-state index contributed by atoms with van der Waals surface area (Å²) in [5, 5.41) is 4.31. The Hall–Kier alpha value is -2.63. The monoisotopic (exact) mass is 369 g/mol. The van der Waals surface area contributed by atoms with Crippen LogP contribution in [0, 0.1) is 5.92 Å². The molecule has 6 heteroatoms. The SMILES string of the molecule is CCCn1nc(C(=O)N(Cc2ccc(OC)cc2)[C@@H](C)C2CC2)ccc1=O. The van der Waals surface area contributed by atoms with Crippen molar-refractivity contribution in [3.8, 4) is 5.75 Å². The van der Waals surface area contributed by atoms with Gasteiger partial charge in [-0.15, -0.1) is 0 Å². The fourth-order valence-electron chi connectivity index (χ4n) is 3.24. The van der Waals surface area contributed by atoms with Gasteiger partial charge in [0.1, 0.15) is 11.4 Å². The van der Waals surface area contributed by atoms with Gasteiger partial charge in [-0.05, 0) is 55.9 Å². The van der Waals surface area contributed by atoms with Gasteiger partial charge >= 0.3 is 0 Å². The molecule has 0 aliphatic heterocycles. The number of rotatable bonds is 8. The summed E-state index contributed by atoms with van der Waals surface area (Å²) in [6, 6.07) is 10.9. The van der Waals surface area contributed by atoms with E-state index < -0.39 is 0 Å². The lowest BCUT2D eigenvalue weighted by atomic mass is 10.1. The Labute approximate surface area is 159 Å². The molecule has 0 N–H and O–H groups in total. The molecular weight excluding hydrogens is 342 g/mol. The summed E-state index contributed by atoms with van der Waals surface area (Å²) in [5.74, 6) is 1.20. The molecule has 1 aromatic carbocycles. The first-order chi connectivity index (χ1) is 13.0. The van der Waals surface area contributed by atoms with Crippen LogP contribution in [0.4, 0.5) is 0 Å². The normalized spacial score (nSPS) is 14.6. The van der Waals surface area contributed by atoms with Crippen LogP contribution in [0.2, 0.25) is 0 Å². The third-order valence-corrected chi connectivity index (χ3v) is 5.09. The summed E-state index contributed by atoms with van der Waals surface area (Å²) < 4.78 is 6.59. The highest BCUT2D eigenvalue weighted by atomic mass is 16.5. The van der Waals surface area contributed by atoms with Crippen molar-refractivity contribution in [2.24, 2.45) is 5.92 Å². The van der Waals surface area contributed by atoms with E-state index in [0.29, 0.717) is 24.7 Å². The van der Waals surface area contributed by atoms with E-state index in [2.05, 4.69) is 12.0 Å². The standard InChI is InChI=1S/C21H27N3O3/c1-4-13-24-20(25)12-11-19(22-24)21(26)23(15(2)17-7-8-17)14-16-5-9-18(27-3)10-6-16/h5-6,9-12,15,17H,4,7-8,13-14H2,1-3H3/t15-/m0/s1. The summed E-state index contributed by atoms with van der Waals surface area (Å²) in [4.78, 5) is 27.0. The van der Waals surface area contributed by atoms with Crippen molar-refractivity contribution in [2.75, 3.05) is 7.11 Å². The minimum atomic E-state index is -0.176. The van der Waals surface area contributed by atoms with Crippen LogP contribution in [-0.2, 0) is 13.1 Å². The van der Waals surface area contributed by atoms with E-state index in [4.69, 9.17) is 4.74 Å². The lowest BCUT2D eigenvalue weighted by Gasteiger charge is -2.29. The third kappa shape index (κ3) is 4.56. The van der Waals surface area contributed by atoms with Crippen LogP contribution in [0.5, 0.6) is 5.75 Å². The van der Waals surface area contributed by atoms with Crippen LogP contribution in [0.25, 0.3) is 0 Å². The van der Waals surface area contributed by atoms with Crippen molar-refractivity contribution in [1.82, 2.24) is 14.7 Å². The van der Waals surface area contributed by atoms with Crippen LogP contribution in [0.3, 0.4) is 0 Å². The van der Waals surface area contributed by atoms with Gasteiger partial charge in [0.15, 0.2) is 0 Å². The Morgan fingerprint density at radius 2 is 1.96 bits per heavy atom. The molecule has 1 aliphatic rings. The van der Waals surface area contributed by atoms with Gasteiger partial charge in [-0.2, -0.15) is 5.10 Å². The summed E-state index contributed by atoms with van der Waals surface area (Å²) >= 11 is 0. The van der Waals surface area contributed by atoms with Crippen LogP contribution in [-0.4, -0.2) is 33.7 Å². The molecule has 1 saturated carbocycles. The molecule has 6 nitrogen and oxygen atoms in total. The smallest absolute Gasteiger partial charge is 0.274 e. The number of nitrogens with zero attached hydrogens (tertiary/aromatic N) is 3. The molecule has 0 radical (unpaired) electrons. The summed E-state index contributed by atoms with van der Waals surface area (Å²) in [5.41, 5.74) is 1.19. The van der Waals surface area contributed by atoms with Crippen LogP contribution >= 0.6 is 0 Å². The van der Waals surface area contributed by atoms with Gasteiger partial charge in [0.25, 0.3) is 11.5 Å². The van der Waals surface area contributed by atoms with Gasteiger partial charge in [0, 0.05) is 25.2 Å². The molecule has 0 bridgehead atoms. The van der Waals surface area contributed by atoms with E-state index >= 15 is 0 Å². The van der Waals surface area contributed by atoms with Crippen molar-refractivity contribution in [3.63, 3.8) is 0 Å². The van der Waals surface area contributed by atoms with Gasteiger partial charge < -0.3 is 9.64 Å². The van der Waals surface area contributed by atoms with Gasteiger partial charge in [0.05, 0.1) is 7.11 Å². The first-order valence-electron chi connectivity index (χ1n) is 9.55. The zero-order valence-corrected chi connectivity index (χ0v) is 16.2. The zero-order valence-electron chi connectivity index (χ0n) is 16.2. The summed E-state index contributed by atoms with van der Waals surface area (Å²) in [6.45, 7) is 5.10. The van der Waals surface area contributed by atoms with Crippen molar-refractivity contribution < 1.29 is 9.53 Å². The number of carbonyl (C=O) groups is 1. The molecule has 0 spiro atoms. The van der Waals surface area contributed by atoms with Crippen LogP contribution < -0.4 is 10.3 Å². The predicted molar refractivity (Wildman–Crippen MR) is 104 cm³/mol. The van der Waals surface area contributed by atoms with Gasteiger partial charge in [-0.25, -0.2) is 4.68 Å². The minimum Gasteiger partial charge on any atom is -0.497 e. The Morgan fingerprint density at radius 1 is 1.26 bits per heavy atom. The number of aryl methyl sites for hydroxylation is 1. The number of hydrogen-bond donors (Lipinski definition) is 0. The first-order valence-corrected chi connectivity index (χ1v) is 9.55. The molecule has 27 heavy (non-hydrogen) atoms. The molecule has 0 saturated heterocycles. The predicted octanol–water partition coefficient (Wildman–Crippen LogP) is 3.10. The number of methoxy groups -OCH3 is 1. The first kappa shape index (κ1) is 19.1. The largest absolute Gasteiger partial charge is 0.497 e. The summed E-state index contributed by atoms with van der Waals surface area (Å²) in [7, 11) is 1.64. The lowest BCUT2D eigenvalue weighted by Crippen LogP contribution is -2.40. The maximum absolute atomic E-state index is 13.2. The molecule has 3 rings (SSSR count). The fraction of sp³-hybridized carbons (Fsp3) is 0.476. The molecule has 1 aromatic heterocycles. The number of hydrogen-bond acceptors (Lipinski definition) is 4. The molecule has 1 atom stereocenters. The van der Waals surface area contributed by atoms with E-state index in [1.807, 2.05) is 36.1 Å². The average Bonchev–Trinajstić information content (AvgIpc) is 3.53. The number of amides is 1. The van der Waals surface area contributed by atoms with Crippen molar-refractivity contribution in [3.05, 3.63) is 58.0 Å². The fourth-order valence-corrected chi connectivity index (χ4v) is 3.24. The van der Waals surface area contributed by atoms with Crippen molar-refractivity contribution in [1.29, 1.82) is 0 Å². The molecule has 0 unspecified atom stereocenters. The zero-order chi connectivity index (χ0) is 19.4. The second-order valence-electron chi connectivity index (χ2n) is 7.14. The molecule has 1 fully saturated rings. The van der Waals surface area contributed by atoms with E-state index in [9.17, 15) is 9.59 Å². The maximum Gasteiger partial charge on any atom is 0.274 e. The van der Waals surface area contributed by atoms with Gasteiger partial charge in [-0.3, -0.25) is 9.59 Å².